The first-order valence-corrected chi connectivity index (χ1v) is 4.01. The Balaban J connectivity index is 2.79. The number of hydrogen-bond acceptors (Lipinski definition) is 2. The lowest BCUT2D eigenvalue weighted by Crippen LogP contribution is -1.82. The van der Waals surface area contributed by atoms with Gasteiger partial charge in [0.25, 0.3) is 0 Å². The van der Waals surface area contributed by atoms with Crippen molar-refractivity contribution in [2.24, 2.45) is 0 Å². The highest BCUT2D eigenvalue weighted by atomic mass is 35.5. The van der Waals surface area contributed by atoms with Gasteiger partial charge in [0.15, 0.2) is 0 Å². The molecule has 0 bridgehead atoms. The second kappa shape index (κ2) is 2.72. The Labute approximate surface area is 75.2 Å². The van der Waals surface area contributed by atoms with Gasteiger partial charge in [0.2, 0.25) is 0 Å². The number of rotatable bonds is 0. The highest BCUT2D eigenvalue weighted by Crippen LogP contribution is 2.14. The van der Waals surface area contributed by atoms with Crippen LogP contribution in [0.5, 0.6) is 0 Å². The lowest BCUT2D eigenvalue weighted by atomic mass is 10.2. The minimum Gasteiger partial charge on any atom is -0.256 e. The number of aromatic nitrogens is 2. The first-order chi connectivity index (χ1) is 5.75. The van der Waals surface area contributed by atoms with Gasteiger partial charge < -0.3 is 0 Å². The lowest BCUT2D eigenvalue weighted by molar-refractivity contribution is 1.29. The Morgan fingerprint density at radius 2 is 2.00 bits per heavy atom. The zero-order valence-electron chi connectivity index (χ0n) is 6.58. The van der Waals surface area contributed by atoms with E-state index >= 15 is 0 Å². The second-order valence-corrected chi connectivity index (χ2v) is 3.10. The van der Waals surface area contributed by atoms with Crippen LogP contribution in [0.3, 0.4) is 0 Å². The van der Waals surface area contributed by atoms with Gasteiger partial charge in [0, 0.05) is 23.8 Å². The summed E-state index contributed by atoms with van der Waals surface area (Å²) < 4.78 is 0. The van der Waals surface area contributed by atoms with Crippen LogP contribution in [0.1, 0.15) is 5.56 Å². The maximum absolute atomic E-state index is 5.71. The molecule has 12 heavy (non-hydrogen) atoms. The average molecular weight is 179 g/mol. The molecule has 0 aliphatic carbocycles. The molecule has 0 N–H and O–H groups in total. The molecule has 0 fully saturated rings. The fourth-order valence-electron chi connectivity index (χ4n) is 1.11. The number of nitrogens with zero attached hydrogens (tertiary/aromatic N) is 2. The van der Waals surface area contributed by atoms with Crippen LogP contribution in [0.4, 0.5) is 0 Å². The van der Waals surface area contributed by atoms with Gasteiger partial charge in [-0.25, -0.2) is 4.98 Å². The molecule has 0 saturated heterocycles. The molecule has 3 heteroatoms. The Morgan fingerprint density at radius 3 is 2.83 bits per heavy atom. The first-order valence-electron chi connectivity index (χ1n) is 3.63. The number of fused-ring (bicyclic) bond motifs is 1. The molecular weight excluding hydrogens is 172 g/mol. The number of pyridine rings is 2. The van der Waals surface area contributed by atoms with E-state index in [-0.39, 0.29) is 0 Å². The molecule has 0 amide bonds. The van der Waals surface area contributed by atoms with Gasteiger partial charge in [0.1, 0.15) is 5.15 Å². The summed E-state index contributed by atoms with van der Waals surface area (Å²) in [5, 5.41) is 1.51. The third-order valence-electron chi connectivity index (χ3n) is 1.67. The van der Waals surface area contributed by atoms with E-state index in [4.69, 9.17) is 11.6 Å². The summed E-state index contributed by atoms with van der Waals surface area (Å²) in [5.41, 5.74) is 2.02. The predicted molar refractivity (Wildman–Crippen MR) is 49.3 cm³/mol. The molecule has 0 aromatic carbocycles. The summed E-state index contributed by atoms with van der Waals surface area (Å²) in [4.78, 5) is 8.19. The standard InChI is InChI=1S/C9H7ClN2/c1-6-2-7-5-12-9(10)3-8(7)11-4-6/h2-5H,1H3. The van der Waals surface area contributed by atoms with Gasteiger partial charge in [0.05, 0.1) is 5.52 Å². The van der Waals surface area contributed by atoms with Gasteiger partial charge in [-0.2, -0.15) is 0 Å². The maximum Gasteiger partial charge on any atom is 0.131 e. The van der Waals surface area contributed by atoms with Gasteiger partial charge >= 0.3 is 0 Å². The van der Waals surface area contributed by atoms with Crippen LogP contribution in [-0.4, -0.2) is 9.97 Å². The number of hydrogen-bond donors (Lipinski definition) is 0. The quantitative estimate of drug-likeness (QED) is 0.580. The maximum atomic E-state index is 5.71. The Kier molecular flexibility index (Phi) is 1.70. The van der Waals surface area contributed by atoms with Crippen molar-refractivity contribution in [2.45, 2.75) is 6.92 Å². The van der Waals surface area contributed by atoms with Crippen molar-refractivity contribution in [1.29, 1.82) is 0 Å². The van der Waals surface area contributed by atoms with Gasteiger partial charge in [-0.15, -0.1) is 0 Å². The third-order valence-corrected chi connectivity index (χ3v) is 1.88. The molecule has 2 aromatic rings. The summed E-state index contributed by atoms with van der Waals surface area (Å²) in [7, 11) is 0. The lowest BCUT2D eigenvalue weighted by Gasteiger charge is -1.97. The minimum absolute atomic E-state index is 0.485. The summed E-state index contributed by atoms with van der Waals surface area (Å²) in [6.07, 6.45) is 3.55. The highest BCUT2D eigenvalue weighted by molar-refractivity contribution is 6.29. The molecule has 60 valence electrons. The van der Waals surface area contributed by atoms with Crippen LogP contribution in [0.25, 0.3) is 10.9 Å². The molecule has 0 spiro atoms. The minimum atomic E-state index is 0.485. The summed E-state index contributed by atoms with van der Waals surface area (Å²) in [5.74, 6) is 0. The van der Waals surface area contributed by atoms with Crippen LogP contribution in [0, 0.1) is 6.92 Å². The molecule has 2 rings (SSSR count). The fraction of sp³-hybridized carbons (Fsp3) is 0.111. The zero-order valence-corrected chi connectivity index (χ0v) is 7.34. The summed E-state index contributed by atoms with van der Waals surface area (Å²) >= 11 is 5.71. The first kappa shape index (κ1) is 7.50. The van der Waals surface area contributed by atoms with Crippen molar-refractivity contribution in [3.63, 3.8) is 0 Å². The zero-order chi connectivity index (χ0) is 8.55. The summed E-state index contributed by atoms with van der Waals surface area (Å²) in [6, 6.07) is 3.79. The number of halogens is 1. The van der Waals surface area contributed by atoms with Crippen molar-refractivity contribution in [3.05, 3.63) is 35.2 Å². The average Bonchev–Trinajstić information content (AvgIpc) is 2.05. The third kappa shape index (κ3) is 1.25. The molecule has 0 atom stereocenters. The molecular formula is C9H7ClN2. The monoisotopic (exact) mass is 178 g/mol. The van der Waals surface area contributed by atoms with Gasteiger partial charge in [-0.1, -0.05) is 11.6 Å². The van der Waals surface area contributed by atoms with E-state index < -0.39 is 0 Å². The molecule has 2 aromatic heterocycles. The molecule has 0 aliphatic rings. The molecule has 0 radical (unpaired) electrons. The smallest absolute Gasteiger partial charge is 0.131 e. The van der Waals surface area contributed by atoms with Crippen molar-refractivity contribution in [1.82, 2.24) is 9.97 Å². The van der Waals surface area contributed by atoms with E-state index in [9.17, 15) is 0 Å². The predicted octanol–water partition coefficient (Wildman–Crippen LogP) is 2.59. The van der Waals surface area contributed by atoms with Crippen molar-refractivity contribution in [2.75, 3.05) is 0 Å². The molecule has 0 aliphatic heterocycles. The van der Waals surface area contributed by atoms with Gasteiger partial charge in [-0.05, 0) is 18.6 Å². The van der Waals surface area contributed by atoms with E-state index in [2.05, 4.69) is 9.97 Å². The van der Waals surface area contributed by atoms with E-state index in [0.29, 0.717) is 5.15 Å². The van der Waals surface area contributed by atoms with E-state index in [1.807, 2.05) is 19.2 Å². The largest absolute Gasteiger partial charge is 0.256 e. The molecule has 2 heterocycles. The van der Waals surface area contributed by atoms with Crippen molar-refractivity contribution < 1.29 is 0 Å². The highest BCUT2D eigenvalue weighted by Gasteiger charge is 1.96. The Bertz CT molecular complexity index is 385. The molecule has 2 nitrogen and oxygen atoms in total. The Hall–Kier alpha value is -1.15. The van der Waals surface area contributed by atoms with Crippen LogP contribution in [-0.2, 0) is 0 Å². The second-order valence-electron chi connectivity index (χ2n) is 2.71. The van der Waals surface area contributed by atoms with E-state index in [0.717, 1.165) is 16.5 Å². The normalized spacial score (nSPS) is 10.5. The van der Waals surface area contributed by atoms with Gasteiger partial charge in [-0.3, -0.25) is 4.98 Å². The van der Waals surface area contributed by atoms with Crippen LogP contribution in [0.15, 0.2) is 24.5 Å². The van der Waals surface area contributed by atoms with Crippen LogP contribution in [0.2, 0.25) is 5.15 Å². The SMILES string of the molecule is Cc1cnc2cc(Cl)ncc2c1. The van der Waals surface area contributed by atoms with E-state index in [1.54, 1.807) is 12.3 Å². The van der Waals surface area contributed by atoms with E-state index in [1.165, 1.54) is 0 Å². The van der Waals surface area contributed by atoms with Crippen molar-refractivity contribution in [3.8, 4) is 0 Å². The summed E-state index contributed by atoms with van der Waals surface area (Å²) in [6.45, 7) is 2.00. The molecule has 0 saturated carbocycles. The topological polar surface area (TPSA) is 25.8 Å². The van der Waals surface area contributed by atoms with Crippen molar-refractivity contribution >= 4 is 22.5 Å². The number of aryl methyl sites for hydroxylation is 1. The fourth-order valence-corrected chi connectivity index (χ4v) is 1.26. The van der Waals surface area contributed by atoms with Crippen LogP contribution < -0.4 is 0 Å². The Morgan fingerprint density at radius 1 is 1.17 bits per heavy atom. The molecule has 0 unspecified atom stereocenters. The van der Waals surface area contributed by atoms with Crippen LogP contribution >= 0.6 is 11.6 Å².